The molecule has 1 fully saturated rings. The maximum absolute atomic E-state index is 14.3. The predicted molar refractivity (Wildman–Crippen MR) is 75.5 cm³/mol. The number of halogens is 1. The number of allylic oxidation sites excluding steroid dienone is 1. The number of methoxy groups -OCH3 is 1. The van der Waals surface area contributed by atoms with Gasteiger partial charge < -0.3 is 14.0 Å². The molecule has 110 valence electrons. The van der Waals surface area contributed by atoms with Crippen molar-refractivity contribution in [3.05, 3.63) is 11.8 Å². The summed E-state index contributed by atoms with van der Waals surface area (Å²) in [6.45, 7) is 12.2. The molecule has 0 atom stereocenters. The minimum atomic E-state index is -0.910. The fourth-order valence-electron chi connectivity index (χ4n) is 1.83. The standard InChI is InChI=1S/C14H26BFO3/c1-12(2,8-9-17-7)10-11(16)15-18-13(3,4)14(5,6)19-15/h10H,8-9H2,1-7H3. The quantitative estimate of drug-likeness (QED) is 0.716. The Morgan fingerprint density at radius 2 is 1.68 bits per heavy atom. The van der Waals surface area contributed by atoms with Crippen LogP contribution in [-0.4, -0.2) is 32.0 Å². The summed E-state index contributed by atoms with van der Waals surface area (Å²) in [4.78, 5) is 0. The van der Waals surface area contributed by atoms with E-state index in [-0.39, 0.29) is 11.1 Å². The van der Waals surface area contributed by atoms with Gasteiger partial charge in [-0.15, -0.1) is 0 Å². The Balaban J connectivity index is 2.77. The van der Waals surface area contributed by atoms with Crippen molar-refractivity contribution in [3.63, 3.8) is 0 Å². The van der Waals surface area contributed by atoms with Gasteiger partial charge in [-0.25, -0.2) is 4.39 Å². The molecule has 0 unspecified atom stereocenters. The molecule has 0 N–H and O–H groups in total. The molecule has 1 heterocycles. The second kappa shape index (κ2) is 5.54. The lowest BCUT2D eigenvalue weighted by atomic mass is 9.80. The maximum atomic E-state index is 14.3. The lowest BCUT2D eigenvalue weighted by molar-refractivity contribution is 0.00578. The molecule has 0 radical (unpaired) electrons. The van der Waals surface area contributed by atoms with E-state index in [0.29, 0.717) is 6.61 Å². The van der Waals surface area contributed by atoms with Crippen LogP contribution >= 0.6 is 0 Å². The van der Waals surface area contributed by atoms with Gasteiger partial charge in [0.2, 0.25) is 0 Å². The summed E-state index contributed by atoms with van der Waals surface area (Å²) in [7, 11) is 0.733. The van der Waals surface area contributed by atoms with Crippen molar-refractivity contribution in [2.24, 2.45) is 5.41 Å². The molecule has 0 bridgehead atoms. The largest absolute Gasteiger partial charge is 0.524 e. The highest BCUT2D eigenvalue weighted by atomic mass is 19.1. The Morgan fingerprint density at radius 1 is 1.21 bits per heavy atom. The van der Waals surface area contributed by atoms with Crippen molar-refractivity contribution in [2.75, 3.05) is 13.7 Å². The average molecular weight is 272 g/mol. The molecule has 0 aliphatic carbocycles. The van der Waals surface area contributed by atoms with Crippen molar-refractivity contribution < 1.29 is 18.4 Å². The highest BCUT2D eigenvalue weighted by Crippen LogP contribution is 2.39. The Morgan fingerprint density at radius 3 is 2.11 bits per heavy atom. The third-order valence-corrected chi connectivity index (χ3v) is 3.96. The summed E-state index contributed by atoms with van der Waals surface area (Å²) < 4.78 is 30.7. The molecule has 3 nitrogen and oxygen atoms in total. The fraction of sp³-hybridized carbons (Fsp3) is 0.857. The van der Waals surface area contributed by atoms with Gasteiger partial charge in [0, 0.05) is 13.7 Å². The molecule has 0 saturated carbocycles. The van der Waals surface area contributed by atoms with Crippen LogP contribution < -0.4 is 0 Å². The van der Waals surface area contributed by atoms with Crippen molar-refractivity contribution in [1.29, 1.82) is 0 Å². The molecule has 0 amide bonds. The molecule has 0 aromatic rings. The van der Waals surface area contributed by atoms with E-state index in [2.05, 4.69) is 0 Å². The molecule has 5 heteroatoms. The first-order chi connectivity index (χ1) is 8.51. The summed E-state index contributed by atoms with van der Waals surface area (Å²) in [5.74, 6) is 0. The summed E-state index contributed by atoms with van der Waals surface area (Å²) in [5, 5.41) is 0. The zero-order valence-electron chi connectivity index (χ0n) is 13.2. The van der Waals surface area contributed by atoms with E-state index < -0.39 is 18.3 Å². The highest BCUT2D eigenvalue weighted by molar-refractivity contribution is 6.53. The fourth-order valence-corrected chi connectivity index (χ4v) is 1.83. The van der Waals surface area contributed by atoms with Crippen molar-refractivity contribution in [2.45, 2.75) is 59.2 Å². The number of hydrogen-bond donors (Lipinski definition) is 0. The molecule has 0 aromatic heterocycles. The minimum Gasteiger partial charge on any atom is -0.398 e. The third kappa shape index (κ3) is 4.04. The minimum absolute atomic E-state index is 0.288. The SMILES string of the molecule is COCCC(C)(C)C=C(F)B1OC(C)(C)C(C)(C)O1. The van der Waals surface area contributed by atoms with Crippen molar-refractivity contribution in [1.82, 2.24) is 0 Å². The van der Waals surface area contributed by atoms with Crippen LogP contribution in [0.1, 0.15) is 48.0 Å². The molecular formula is C14H26BFO3. The summed E-state index contributed by atoms with van der Waals surface area (Å²) in [6.07, 6.45) is 2.32. The van der Waals surface area contributed by atoms with Crippen LogP contribution in [0.5, 0.6) is 0 Å². The smallest absolute Gasteiger partial charge is 0.398 e. The van der Waals surface area contributed by atoms with Crippen LogP contribution in [0.2, 0.25) is 0 Å². The van der Waals surface area contributed by atoms with Gasteiger partial charge in [0.25, 0.3) is 0 Å². The first-order valence-electron chi connectivity index (χ1n) is 6.74. The topological polar surface area (TPSA) is 27.7 Å². The second-order valence-electron chi connectivity index (χ2n) is 6.85. The van der Waals surface area contributed by atoms with Gasteiger partial charge in [-0.2, -0.15) is 0 Å². The van der Waals surface area contributed by atoms with Gasteiger partial charge >= 0.3 is 7.12 Å². The molecule has 1 rings (SSSR count). The lowest BCUT2D eigenvalue weighted by Gasteiger charge is -2.32. The van der Waals surface area contributed by atoms with Crippen LogP contribution in [-0.2, 0) is 14.0 Å². The van der Waals surface area contributed by atoms with Gasteiger partial charge in [-0.1, -0.05) is 19.9 Å². The molecule has 1 aliphatic rings. The molecule has 19 heavy (non-hydrogen) atoms. The zero-order chi connectivity index (χ0) is 14.9. The molecule has 1 aliphatic heterocycles. The van der Waals surface area contributed by atoms with Crippen LogP contribution in [0.4, 0.5) is 4.39 Å². The van der Waals surface area contributed by atoms with Crippen LogP contribution in [0.3, 0.4) is 0 Å². The van der Waals surface area contributed by atoms with E-state index in [9.17, 15) is 4.39 Å². The van der Waals surface area contributed by atoms with E-state index in [1.165, 1.54) is 0 Å². The Labute approximate surface area is 116 Å². The maximum Gasteiger partial charge on any atom is 0.524 e. The van der Waals surface area contributed by atoms with Gasteiger partial charge in [0.15, 0.2) is 0 Å². The first kappa shape index (κ1) is 16.7. The summed E-state index contributed by atoms with van der Waals surface area (Å²) in [5.41, 5.74) is -1.68. The number of hydrogen-bond acceptors (Lipinski definition) is 3. The molecule has 1 saturated heterocycles. The van der Waals surface area contributed by atoms with Crippen LogP contribution in [0.25, 0.3) is 0 Å². The number of ether oxygens (including phenoxy) is 1. The summed E-state index contributed by atoms with van der Waals surface area (Å²) in [6, 6.07) is 0. The Kier molecular flexibility index (Phi) is 4.86. The average Bonchev–Trinajstić information content (AvgIpc) is 2.45. The predicted octanol–water partition coefficient (Wildman–Crippen LogP) is 3.53. The van der Waals surface area contributed by atoms with E-state index in [0.717, 1.165) is 6.42 Å². The van der Waals surface area contributed by atoms with Crippen LogP contribution in [0.15, 0.2) is 11.8 Å². The van der Waals surface area contributed by atoms with Gasteiger partial charge in [0.05, 0.1) is 11.2 Å². The van der Waals surface area contributed by atoms with E-state index in [1.54, 1.807) is 13.2 Å². The van der Waals surface area contributed by atoms with Gasteiger partial charge in [-0.3, -0.25) is 0 Å². The second-order valence-corrected chi connectivity index (χ2v) is 6.85. The third-order valence-electron chi connectivity index (χ3n) is 3.96. The van der Waals surface area contributed by atoms with E-state index in [4.69, 9.17) is 14.0 Å². The van der Waals surface area contributed by atoms with Crippen molar-refractivity contribution in [3.8, 4) is 0 Å². The van der Waals surface area contributed by atoms with Gasteiger partial charge in [0.1, 0.15) is 5.73 Å². The zero-order valence-corrected chi connectivity index (χ0v) is 13.2. The van der Waals surface area contributed by atoms with Crippen molar-refractivity contribution >= 4 is 7.12 Å². The van der Waals surface area contributed by atoms with Crippen LogP contribution in [0, 0.1) is 5.41 Å². The molecule has 0 aromatic carbocycles. The Hall–Kier alpha value is -0.385. The Bertz CT molecular complexity index is 335. The lowest BCUT2D eigenvalue weighted by Crippen LogP contribution is -2.41. The number of rotatable bonds is 5. The molecule has 0 spiro atoms. The highest BCUT2D eigenvalue weighted by Gasteiger charge is 2.53. The monoisotopic (exact) mass is 272 g/mol. The first-order valence-corrected chi connectivity index (χ1v) is 6.74. The molecular weight excluding hydrogens is 246 g/mol. The van der Waals surface area contributed by atoms with Gasteiger partial charge in [-0.05, 0) is 39.5 Å². The van der Waals surface area contributed by atoms with E-state index >= 15 is 0 Å². The normalized spacial score (nSPS) is 22.9. The van der Waals surface area contributed by atoms with E-state index in [1.807, 2.05) is 41.5 Å². The summed E-state index contributed by atoms with van der Waals surface area (Å²) >= 11 is 0.